The van der Waals surface area contributed by atoms with Gasteiger partial charge < -0.3 is 4.74 Å². The molecule has 230 valence electrons. The van der Waals surface area contributed by atoms with Crippen molar-refractivity contribution < 1.29 is 4.74 Å². The Kier molecular flexibility index (Phi) is 11.2. The van der Waals surface area contributed by atoms with Gasteiger partial charge in [-0.15, -0.1) is 0 Å². The van der Waals surface area contributed by atoms with Gasteiger partial charge in [-0.3, -0.25) is 0 Å². The summed E-state index contributed by atoms with van der Waals surface area (Å²) in [5.41, 5.74) is 1.99. The molecule has 0 aromatic heterocycles. The van der Waals surface area contributed by atoms with Gasteiger partial charge in [0.05, 0.1) is 0 Å². The molecule has 0 bridgehead atoms. The quantitative estimate of drug-likeness (QED) is 0.271. The van der Waals surface area contributed by atoms with Crippen LogP contribution in [-0.2, 0) is 4.74 Å². The summed E-state index contributed by atoms with van der Waals surface area (Å²) in [7, 11) is 0. The van der Waals surface area contributed by atoms with E-state index in [4.69, 9.17) is 4.74 Å². The predicted octanol–water partition coefficient (Wildman–Crippen LogP) is 11.4. The molecule has 1 aliphatic heterocycles. The van der Waals surface area contributed by atoms with Crippen molar-refractivity contribution in [3.05, 3.63) is 11.6 Å². The first-order valence-electron chi connectivity index (χ1n) is 18.6. The third-order valence-corrected chi connectivity index (χ3v) is 14.4. The normalized spacial score (nSPS) is 48.2. The smallest absolute Gasteiger partial charge is 0.0494 e. The Balaban J connectivity index is 0.000000165. The van der Waals surface area contributed by atoms with Crippen molar-refractivity contribution in [3.63, 3.8) is 0 Å². The zero-order valence-corrected chi connectivity index (χ0v) is 27.7. The minimum atomic E-state index is 0.781. The van der Waals surface area contributed by atoms with E-state index in [2.05, 4.69) is 47.6 Å². The molecule has 1 heterocycles. The molecule has 0 aromatic carbocycles. The molecule has 5 saturated carbocycles. The van der Waals surface area contributed by atoms with Crippen molar-refractivity contribution in [2.45, 2.75) is 144 Å². The third-order valence-electron chi connectivity index (χ3n) is 14.4. The van der Waals surface area contributed by atoms with Crippen LogP contribution in [0.3, 0.4) is 0 Å². The molecule has 40 heavy (non-hydrogen) atoms. The van der Waals surface area contributed by atoms with Crippen LogP contribution >= 0.6 is 0 Å². The van der Waals surface area contributed by atoms with E-state index >= 15 is 0 Å². The second kappa shape index (κ2) is 14.4. The molecule has 6 fully saturated rings. The van der Waals surface area contributed by atoms with Crippen molar-refractivity contribution >= 4 is 0 Å². The average Bonchev–Trinajstić information content (AvgIpc) is 2.98. The van der Waals surface area contributed by atoms with E-state index in [-0.39, 0.29) is 0 Å². The van der Waals surface area contributed by atoms with Gasteiger partial charge in [0.2, 0.25) is 0 Å². The summed E-state index contributed by atoms with van der Waals surface area (Å²) in [5.74, 6) is 13.0. The van der Waals surface area contributed by atoms with Crippen LogP contribution in [0, 0.1) is 76.9 Å². The molecule has 0 radical (unpaired) electrons. The Bertz CT molecular complexity index is 759. The van der Waals surface area contributed by atoms with Gasteiger partial charge in [-0.1, -0.05) is 98.1 Å². The van der Waals surface area contributed by atoms with Crippen LogP contribution in [0.5, 0.6) is 0 Å². The number of allylic oxidation sites excluding steroid dienone is 2. The van der Waals surface area contributed by atoms with Crippen molar-refractivity contribution in [2.75, 3.05) is 13.2 Å². The highest BCUT2D eigenvalue weighted by Crippen LogP contribution is 2.59. The van der Waals surface area contributed by atoms with Gasteiger partial charge in [0.15, 0.2) is 0 Å². The van der Waals surface area contributed by atoms with Gasteiger partial charge in [0, 0.05) is 13.2 Å². The Labute approximate surface area is 250 Å². The van der Waals surface area contributed by atoms with E-state index in [9.17, 15) is 0 Å². The van der Waals surface area contributed by atoms with Gasteiger partial charge in [0.1, 0.15) is 0 Å². The molecular weight excluding hydrogens is 484 g/mol. The lowest BCUT2D eigenvalue weighted by Crippen LogP contribution is -2.46. The van der Waals surface area contributed by atoms with Crippen LogP contribution in [0.4, 0.5) is 0 Å². The second-order valence-electron chi connectivity index (χ2n) is 16.5. The molecule has 13 atom stereocenters. The fourth-order valence-electron chi connectivity index (χ4n) is 10.9. The lowest BCUT2D eigenvalue weighted by Gasteiger charge is -2.55. The van der Waals surface area contributed by atoms with E-state index in [0.29, 0.717) is 0 Å². The van der Waals surface area contributed by atoms with Crippen molar-refractivity contribution in [1.29, 1.82) is 0 Å². The van der Waals surface area contributed by atoms with Gasteiger partial charge in [-0.05, 0) is 135 Å². The maximum absolute atomic E-state index is 5.25. The lowest BCUT2D eigenvalue weighted by molar-refractivity contribution is -0.000248. The molecule has 0 aromatic rings. The van der Waals surface area contributed by atoms with Crippen LogP contribution in [0.15, 0.2) is 11.6 Å². The zero-order valence-electron chi connectivity index (χ0n) is 27.7. The average molecular weight is 553 g/mol. The summed E-state index contributed by atoms with van der Waals surface area (Å²) < 4.78 is 5.25. The number of rotatable bonds is 0. The summed E-state index contributed by atoms with van der Waals surface area (Å²) in [5, 5.41) is 0. The summed E-state index contributed by atoms with van der Waals surface area (Å²) in [6, 6.07) is 0. The molecule has 1 saturated heterocycles. The van der Waals surface area contributed by atoms with Crippen LogP contribution in [-0.4, -0.2) is 13.2 Å². The molecular formula is C39H68O. The van der Waals surface area contributed by atoms with E-state index in [1.165, 1.54) is 64.2 Å². The molecule has 7 rings (SSSR count). The molecule has 0 spiro atoms. The molecule has 6 aliphatic carbocycles. The van der Waals surface area contributed by atoms with Gasteiger partial charge >= 0.3 is 0 Å². The van der Waals surface area contributed by atoms with Crippen LogP contribution in [0.2, 0.25) is 0 Å². The van der Waals surface area contributed by atoms with Crippen molar-refractivity contribution in [2.24, 2.45) is 76.9 Å². The number of ether oxygens (including phenoxy) is 1. The monoisotopic (exact) mass is 553 g/mol. The largest absolute Gasteiger partial charge is 0.381 e. The summed E-state index contributed by atoms with van der Waals surface area (Å²) in [6.45, 7) is 16.3. The van der Waals surface area contributed by atoms with E-state index in [1.807, 2.05) is 5.57 Å². The van der Waals surface area contributed by atoms with E-state index in [1.54, 1.807) is 38.5 Å². The first kappa shape index (κ1) is 31.1. The van der Waals surface area contributed by atoms with Gasteiger partial charge in [0.25, 0.3) is 0 Å². The fraction of sp³-hybridized carbons (Fsp3) is 0.949. The third kappa shape index (κ3) is 7.08. The van der Waals surface area contributed by atoms with Crippen LogP contribution in [0.25, 0.3) is 0 Å². The molecule has 0 N–H and O–H groups in total. The molecule has 7 unspecified atom stereocenters. The highest BCUT2D eigenvalue weighted by molar-refractivity contribution is 5.22. The van der Waals surface area contributed by atoms with Crippen LogP contribution < -0.4 is 0 Å². The maximum Gasteiger partial charge on any atom is 0.0494 e. The molecule has 0 amide bonds. The minimum absolute atomic E-state index is 0.781. The SMILES string of the molecule is C[C@@H]1CCC2C3=CCC4C5CCCCC5CCC4C3CCC2[C@H]1C.C[C@@H]1CCCC[C@H]1C.C[C@@H]1CCOC[C@@H]1C. The van der Waals surface area contributed by atoms with Crippen molar-refractivity contribution in [3.8, 4) is 0 Å². The Morgan fingerprint density at radius 3 is 1.80 bits per heavy atom. The van der Waals surface area contributed by atoms with Crippen molar-refractivity contribution in [1.82, 2.24) is 0 Å². The first-order valence-corrected chi connectivity index (χ1v) is 18.6. The Hall–Kier alpha value is -0.300. The number of fused-ring (bicyclic) bond motifs is 7. The van der Waals surface area contributed by atoms with E-state index < -0.39 is 0 Å². The minimum Gasteiger partial charge on any atom is -0.381 e. The van der Waals surface area contributed by atoms with Gasteiger partial charge in [-0.2, -0.15) is 0 Å². The highest BCUT2D eigenvalue weighted by Gasteiger charge is 2.50. The van der Waals surface area contributed by atoms with E-state index in [0.717, 1.165) is 90.1 Å². The zero-order chi connectivity index (χ0) is 28.2. The molecule has 1 heteroatoms. The molecule has 7 aliphatic rings. The topological polar surface area (TPSA) is 9.23 Å². The number of hydrogen-bond donors (Lipinski definition) is 0. The second-order valence-corrected chi connectivity index (χ2v) is 16.5. The fourth-order valence-corrected chi connectivity index (χ4v) is 10.9. The first-order chi connectivity index (χ1) is 19.3. The maximum atomic E-state index is 5.25. The standard InChI is InChI=1S/C24H38.C8H16.C7H14O/c1-15-7-9-20-18(16(15)2)11-12-24-22-10-8-17-5-3-4-6-19(17)21(22)13-14-23(20)24;1-7-5-3-4-6-8(7)2;1-6-3-4-8-5-7(6)2/h14-22,24H,3-13H2,1-2H3;7-8H,3-6H2,1-2H3;6-7H,3-5H2,1-2H3/t15-,16+,17?,18?,19?,20?,21?,22?,24?;7-,8-;6-,7+/m111/s1. The lowest BCUT2D eigenvalue weighted by atomic mass is 9.50. The van der Waals surface area contributed by atoms with Gasteiger partial charge in [-0.25, -0.2) is 0 Å². The highest BCUT2D eigenvalue weighted by atomic mass is 16.5. The Morgan fingerprint density at radius 2 is 1.12 bits per heavy atom. The Morgan fingerprint density at radius 1 is 0.500 bits per heavy atom. The molecule has 1 nitrogen and oxygen atoms in total. The van der Waals surface area contributed by atoms with Crippen LogP contribution in [0.1, 0.15) is 144 Å². The summed E-state index contributed by atoms with van der Waals surface area (Å²) in [6.07, 6.45) is 26.9. The summed E-state index contributed by atoms with van der Waals surface area (Å²) in [4.78, 5) is 0. The summed E-state index contributed by atoms with van der Waals surface area (Å²) >= 11 is 0. The number of hydrogen-bond acceptors (Lipinski definition) is 1. The predicted molar refractivity (Wildman–Crippen MR) is 172 cm³/mol.